The molecule has 1 atom stereocenters. The van der Waals surface area contributed by atoms with E-state index in [0.29, 0.717) is 5.22 Å². The lowest BCUT2D eigenvalue weighted by Gasteiger charge is -2.12. The lowest BCUT2D eigenvalue weighted by atomic mass is 10.1. The van der Waals surface area contributed by atoms with Gasteiger partial charge in [0.25, 0.3) is 0 Å². The fourth-order valence-electron chi connectivity index (χ4n) is 1.60. The second-order valence-electron chi connectivity index (χ2n) is 3.32. The van der Waals surface area contributed by atoms with Gasteiger partial charge in [0.1, 0.15) is 0 Å². The van der Waals surface area contributed by atoms with Crippen LogP contribution in [0.15, 0.2) is 29.1 Å². The lowest BCUT2D eigenvalue weighted by molar-refractivity contribution is 0.559. The molecule has 2 aromatic heterocycles. The molecular formula is C10H12ClN3O. The number of rotatable bonds is 3. The van der Waals surface area contributed by atoms with Gasteiger partial charge in [0.05, 0.1) is 18.5 Å². The van der Waals surface area contributed by atoms with E-state index in [2.05, 4.69) is 10.4 Å². The van der Waals surface area contributed by atoms with Crippen LogP contribution in [-0.2, 0) is 7.05 Å². The van der Waals surface area contributed by atoms with Crippen molar-refractivity contribution in [2.24, 2.45) is 7.05 Å². The molecule has 1 unspecified atom stereocenters. The van der Waals surface area contributed by atoms with Gasteiger partial charge in [-0.3, -0.25) is 4.68 Å². The van der Waals surface area contributed by atoms with Gasteiger partial charge < -0.3 is 9.73 Å². The molecule has 2 heterocycles. The van der Waals surface area contributed by atoms with Crippen LogP contribution in [0.5, 0.6) is 0 Å². The maximum atomic E-state index is 5.94. The molecule has 80 valence electrons. The Balaban J connectivity index is 2.36. The third-order valence-corrected chi connectivity index (χ3v) is 2.61. The van der Waals surface area contributed by atoms with Crippen molar-refractivity contribution in [1.82, 2.24) is 15.1 Å². The second kappa shape index (κ2) is 4.08. The summed E-state index contributed by atoms with van der Waals surface area (Å²) < 4.78 is 6.83. The highest BCUT2D eigenvalue weighted by atomic mass is 35.5. The number of aromatic nitrogens is 2. The van der Waals surface area contributed by atoms with Crippen LogP contribution < -0.4 is 5.32 Å². The Kier molecular flexibility index (Phi) is 2.79. The smallest absolute Gasteiger partial charge is 0.198 e. The first kappa shape index (κ1) is 10.3. The molecule has 2 aromatic rings. The average Bonchev–Trinajstić information content (AvgIpc) is 2.79. The largest absolute Gasteiger partial charge is 0.453 e. The van der Waals surface area contributed by atoms with Gasteiger partial charge in [0.15, 0.2) is 5.22 Å². The van der Waals surface area contributed by atoms with E-state index in [1.165, 1.54) is 0 Å². The Labute approximate surface area is 92.8 Å². The summed E-state index contributed by atoms with van der Waals surface area (Å²) >= 11 is 5.94. The zero-order chi connectivity index (χ0) is 10.8. The fraction of sp³-hybridized carbons (Fsp3) is 0.300. The van der Waals surface area contributed by atoms with Crippen molar-refractivity contribution in [2.45, 2.75) is 6.04 Å². The van der Waals surface area contributed by atoms with E-state index in [0.717, 1.165) is 11.1 Å². The molecular weight excluding hydrogens is 214 g/mol. The molecule has 2 rings (SSSR count). The first-order valence-electron chi connectivity index (χ1n) is 4.61. The number of nitrogens with zero attached hydrogens (tertiary/aromatic N) is 2. The Hall–Kier alpha value is -1.26. The van der Waals surface area contributed by atoms with Crippen LogP contribution in [0.25, 0.3) is 0 Å². The quantitative estimate of drug-likeness (QED) is 0.869. The molecule has 5 heteroatoms. The molecule has 15 heavy (non-hydrogen) atoms. The standard InChI is InChI=1S/C10H12ClN3O/c1-12-9(7-5-13-14(2)6-7)8-3-4-15-10(8)11/h3-6,9,12H,1-2H3. The van der Waals surface area contributed by atoms with Crippen molar-refractivity contribution in [1.29, 1.82) is 0 Å². The molecule has 0 fully saturated rings. The molecule has 0 aliphatic heterocycles. The highest BCUT2D eigenvalue weighted by molar-refractivity contribution is 6.29. The summed E-state index contributed by atoms with van der Waals surface area (Å²) in [5.74, 6) is 0. The molecule has 0 aromatic carbocycles. The van der Waals surface area contributed by atoms with E-state index < -0.39 is 0 Å². The van der Waals surface area contributed by atoms with Crippen molar-refractivity contribution >= 4 is 11.6 Å². The van der Waals surface area contributed by atoms with E-state index in [1.54, 1.807) is 10.9 Å². The van der Waals surface area contributed by atoms with Crippen LogP contribution in [0.4, 0.5) is 0 Å². The van der Waals surface area contributed by atoms with Crippen molar-refractivity contribution in [3.8, 4) is 0 Å². The van der Waals surface area contributed by atoms with Gasteiger partial charge in [-0.2, -0.15) is 5.10 Å². The molecule has 1 N–H and O–H groups in total. The van der Waals surface area contributed by atoms with Crippen LogP contribution in [0.2, 0.25) is 5.22 Å². The first-order chi connectivity index (χ1) is 7.22. The van der Waals surface area contributed by atoms with Gasteiger partial charge in [-0.15, -0.1) is 0 Å². The van der Waals surface area contributed by atoms with Crippen LogP contribution >= 0.6 is 11.6 Å². The van der Waals surface area contributed by atoms with Crippen LogP contribution in [0, 0.1) is 0 Å². The van der Waals surface area contributed by atoms with Gasteiger partial charge in [0.2, 0.25) is 0 Å². The molecule has 4 nitrogen and oxygen atoms in total. The third-order valence-electron chi connectivity index (χ3n) is 2.30. The average molecular weight is 226 g/mol. The van der Waals surface area contributed by atoms with Crippen LogP contribution in [0.3, 0.4) is 0 Å². The topological polar surface area (TPSA) is 43.0 Å². The molecule has 0 aliphatic carbocycles. The Morgan fingerprint density at radius 1 is 1.60 bits per heavy atom. The maximum Gasteiger partial charge on any atom is 0.198 e. The maximum absolute atomic E-state index is 5.94. The number of halogens is 1. The zero-order valence-corrected chi connectivity index (χ0v) is 9.32. The van der Waals surface area contributed by atoms with E-state index in [9.17, 15) is 0 Å². The number of aryl methyl sites for hydroxylation is 1. The Morgan fingerprint density at radius 2 is 2.40 bits per heavy atom. The predicted molar refractivity (Wildman–Crippen MR) is 57.8 cm³/mol. The van der Waals surface area contributed by atoms with Crippen LogP contribution in [-0.4, -0.2) is 16.8 Å². The predicted octanol–water partition coefficient (Wildman–Crippen LogP) is 1.98. The van der Waals surface area contributed by atoms with Crippen molar-refractivity contribution in [3.63, 3.8) is 0 Å². The summed E-state index contributed by atoms with van der Waals surface area (Å²) in [5.41, 5.74) is 1.98. The van der Waals surface area contributed by atoms with E-state index in [4.69, 9.17) is 16.0 Å². The second-order valence-corrected chi connectivity index (χ2v) is 3.66. The summed E-state index contributed by atoms with van der Waals surface area (Å²) in [7, 11) is 3.76. The highest BCUT2D eigenvalue weighted by Crippen LogP contribution is 2.28. The van der Waals surface area contributed by atoms with Crippen molar-refractivity contribution in [3.05, 3.63) is 41.1 Å². The monoisotopic (exact) mass is 225 g/mol. The van der Waals surface area contributed by atoms with Gasteiger partial charge in [-0.05, 0) is 24.7 Å². The molecule has 0 aliphatic rings. The molecule has 0 spiro atoms. The van der Waals surface area contributed by atoms with Gasteiger partial charge in [0, 0.05) is 24.4 Å². The number of hydrogen-bond acceptors (Lipinski definition) is 3. The van der Waals surface area contributed by atoms with Crippen molar-refractivity contribution in [2.75, 3.05) is 7.05 Å². The molecule has 0 bridgehead atoms. The minimum atomic E-state index is 0.0185. The Bertz CT molecular complexity index is 449. The van der Waals surface area contributed by atoms with E-state index in [-0.39, 0.29) is 6.04 Å². The molecule has 0 amide bonds. The summed E-state index contributed by atoms with van der Waals surface area (Å²) in [6.45, 7) is 0. The minimum Gasteiger partial charge on any atom is -0.453 e. The summed E-state index contributed by atoms with van der Waals surface area (Å²) in [5, 5.41) is 7.72. The first-order valence-corrected chi connectivity index (χ1v) is 4.99. The molecule has 0 radical (unpaired) electrons. The van der Waals surface area contributed by atoms with Gasteiger partial charge >= 0.3 is 0 Å². The summed E-state index contributed by atoms with van der Waals surface area (Å²) in [6, 6.07) is 1.88. The lowest BCUT2D eigenvalue weighted by Crippen LogP contribution is -2.16. The zero-order valence-electron chi connectivity index (χ0n) is 8.57. The molecule has 0 saturated heterocycles. The normalized spacial score (nSPS) is 13.0. The van der Waals surface area contributed by atoms with E-state index in [1.807, 2.05) is 32.6 Å². The summed E-state index contributed by atoms with van der Waals surface area (Å²) in [6.07, 6.45) is 5.34. The number of furan rings is 1. The van der Waals surface area contributed by atoms with Crippen LogP contribution in [0.1, 0.15) is 17.2 Å². The minimum absolute atomic E-state index is 0.0185. The van der Waals surface area contributed by atoms with E-state index >= 15 is 0 Å². The number of nitrogens with one attached hydrogen (secondary N) is 1. The van der Waals surface area contributed by atoms with Gasteiger partial charge in [-0.1, -0.05) is 0 Å². The fourth-order valence-corrected chi connectivity index (χ4v) is 1.82. The highest BCUT2D eigenvalue weighted by Gasteiger charge is 2.18. The van der Waals surface area contributed by atoms with Crippen molar-refractivity contribution < 1.29 is 4.42 Å². The Morgan fingerprint density at radius 3 is 2.87 bits per heavy atom. The molecule has 0 saturated carbocycles. The number of hydrogen-bond donors (Lipinski definition) is 1. The SMILES string of the molecule is CNC(c1cnn(C)c1)c1ccoc1Cl. The third kappa shape index (κ3) is 1.91. The summed E-state index contributed by atoms with van der Waals surface area (Å²) in [4.78, 5) is 0. The van der Waals surface area contributed by atoms with Gasteiger partial charge in [-0.25, -0.2) is 0 Å².